The van der Waals surface area contributed by atoms with E-state index < -0.39 is 0 Å². The third-order valence-electron chi connectivity index (χ3n) is 4.63. The van der Waals surface area contributed by atoms with Crippen LogP contribution in [0.15, 0.2) is 42.6 Å². The van der Waals surface area contributed by atoms with Gasteiger partial charge in [-0.2, -0.15) is 20.2 Å². The first kappa shape index (κ1) is 17.0. The van der Waals surface area contributed by atoms with Gasteiger partial charge >= 0.3 is 0 Å². The summed E-state index contributed by atoms with van der Waals surface area (Å²) in [5.74, 6) is 2.15. The number of benzene rings is 1. The molecule has 0 unspecified atom stereocenters. The number of rotatable bonds is 5. The van der Waals surface area contributed by atoms with Crippen molar-refractivity contribution in [3.8, 4) is 0 Å². The van der Waals surface area contributed by atoms with Crippen LogP contribution in [0.2, 0.25) is 0 Å². The van der Waals surface area contributed by atoms with Crippen LogP contribution >= 0.6 is 0 Å². The third kappa shape index (κ3) is 3.21. The van der Waals surface area contributed by atoms with Crippen molar-refractivity contribution in [2.24, 2.45) is 14.1 Å². The average molecular weight is 362 g/mol. The monoisotopic (exact) mass is 362 g/mol. The van der Waals surface area contributed by atoms with Gasteiger partial charge in [0, 0.05) is 39.4 Å². The topological polar surface area (TPSA) is 76.7 Å². The minimum absolute atomic E-state index is 0.560. The molecule has 3 aromatic heterocycles. The lowest BCUT2D eigenvalue weighted by atomic mass is 10.2. The molecule has 0 aliphatic rings. The molecule has 1 aromatic carbocycles. The maximum atomic E-state index is 4.75. The number of aromatic nitrogens is 6. The lowest BCUT2D eigenvalue weighted by Crippen LogP contribution is -2.15. The van der Waals surface area contributed by atoms with Crippen LogP contribution in [0, 0.1) is 6.92 Å². The van der Waals surface area contributed by atoms with Gasteiger partial charge in [-0.15, -0.1) is 0 Å². The van der Waals surface area contributed by atoms with Crippen LogP contribution in [0.5, 0.6) is 0 Å². The normalized spacial score (nSPS) is 11.1. The molecule has 0 atom stereocenters. The fourth-order valence-corrected chi connectivity index (χ4v) is 2.93. The van der Waals surface area contributed by atoms with Crippen LogP contribution in [0.4, 0.5) is 17.6 Å². The summed E-state index contributed by atoms with van der Waals surface area (Å²) in [6, 6.07) is 12.2. The lowest BCUT2D eigenvalue weighted by molar-refractivity contribution is 0.738. The molecule has 1 N–H and O–H groups in total. The fraction of sp³-hybridized carbons (Fsp3) is 0.263. The Labute approximate surface area is 157 Å². The molecule has 0 spiro atoms. The largest absolute Gasteiger partial charge is 0.350 e. The van der Waals surface area contributed by atoms with Crippen LogP contribution in [-0.2, 0) is 20.6 Å². The molecule has 4 aromatic rings. The van der Waals surface area contributed by atoms with Crippen molar-refractivity contribution in [1.82, 2.24) is 29.5 Å². The van der Waals surface area contributed by atoms with Crippen LogP contribution < -0.4 is 10.2 Å². The van der Waals surface area contributed by atoms with Crippen molar-refractivity contribution in [1.29, 1.82) is 0 Å². The quantitative estimate of drug-likeness (QED) is 0.588. The zero-order valence-corrected chi connectivity index (χ0v) is 15.9. The van der Waals surface area contributed by atoms with Crippen molar-refractivity contribution < 1.29 is 0 Å². The Morgan fingerprint density at radius 1 is 1.07 bits per heavy atom. The van der Waals surface area contributed by atoms with E-state index >= 15 is 0 Å². The molecule has 0 bridgehead atoms. The van der Waals surface area contributed by atoms with E-state index in [9.17, 15) is 0 Å². The number of nitrogens with zero attached hydrogens (tertiary/aromatic N) is 7. The molecule has 3 heterocycles. The van der Waals surface area contributed by atoms with Crippen LogP contribution in [-0.4, -0.2) is 36.6 Å². The molecule has 138 valence electrons. The second-order valence-corrected chi connectivity index (χ2v) is 6.54. The first-order valence-corrected chi connectivity index (χ1v) is 8.75. The predicted octanol–water partition coefficient (Wildman–Crippen LogP) is 2.79. The molecule has 8 heteroatoms. The van der Waals surface area contributed by atoms with Gasteiger partial charge in [0.2, 0.25) is 5.95 Å². The van der Waals surface area contributed by atoms with E-state index in [1.54, 1.807) is 10.9 Å². The smallest absolute Gasteiger partial charge is 0.227 e. The molecule has 4 rings (SSSR count). The predicted molar refractivity (Wildman–Crippen MR) is 106 cm³/mol. The molecule has 0 aliphatic heterocycles. The average Bonchev–Trinajstić information content (AvgIpc) is 3.22. The van der Waals surface area contributed by atoms with Gasteiger partial charge in [-0.05, 0) is 12.5 Å². The Morgan fingerprint density at radius 2 is 1.85 bits per heavy atom. The van der Waals surface area contributed by atoms with Gasteiger partial charge in [-0.25, -0.2) is 0 Å². The number of anilines is 3. The minimum Gasteiger partial charge on any atom is -0.350 e. The molecule has 0 aliphatic carbocycles. The summed E-state index contributed by atoms with van der Waals surface area (Å²) in [5, 5.41) is 13.1. The summed E-state index contributed by atoms with van der Waals surface area (Å²) < 4.78 is 3.60. The highest BCUT2D eigenvalue weighted by atomic mass is 15.4. The standard InChI is InChI=1S/C19H22N8/c1-13-10-16(24-26(13)3)25(2)17-15-12-21-27(4)18(15)23-19(22-17)20-11-14-8-6-5-7-9-14/h5-10,12H,11H2,1-4H3,(H,20,22,23). The summed E-state index contributed by atoms with van der Waals surface area (Å²) in [6.45, 7) is 2.67. The summed E-state index contributed by atoms with van der Waals surface area (Å²) in [6.07, 6.45) is 1.79. The molecule has 0 fully saturated rings. The number of nitrogens with one attached hydrogen (secondary N) is 1. The summed E-state index contributed by atoms with van der Waals surface area (Å²) in [7, 11) is 5.77. The summed E-state index contributed by atoms with van der Waals surface area (Å²) >= 11 is 0. The van der Waals surface area contributed by atoms with Crippen LogP contribution in [0.3, 0.4) is 0 Å². The molecule has 0 radical (unpaired) electrons. The van der Waals surface area contributed by atoms with E-state index in [-0.39, 0.29) is 0 Å². The number of hydrogen-bond donors (Lipinski definition) is 1. The van der Waals surface area contributed by atoms with Gasteiger partial charge in [-0.3, -0.25) is 9.36 Å². The first-order chi connectivity index (χ1) is 13.0. The van der Waals surface area contributed by atoms with Crippen molar-refractivity contribution in [2.75, 3.05) is 17.3 Å². The molecular formula is C19H22N8. The molecular weight excluding hydrogens is 340 g/mol. The zero-order valence-electron chi connectivity index (χ0n) is 15.9. The van der Waals surface area contributed by atoms with E-state index in [1.807, 2.05) is 61.9 Å². The molecule has 0 saturated heterocycles. The number of fused-ring (bicyclic) bond motifs is 1. The maximum absolute atomic E-state index is 4.75. The van der Waals surface area contributed by atoms with E-state index in [2.05, 4.69) is 32.6 Å². The highest BCUT2D eigenvalue weighted by molar-refractivity contribution is 5.89. The van der Waals surface area contributed by atoms with Gasteiger partial charge < -0.3 is 10.2 Å². The fourth-order valence-electron chi connectivity index (χ4n) is 2.93. The van der Waals surface area contributed by atoms with Crippen molar-refractivity contribution in [3.63, 3.8) is 0 Å². The maximum Gasteiger partial charge on any atom is 0.227 e. The Balaban J connectivity index is 1.72. The highest BCUT2D eigenvalue weighted by Crippen LogP contribution is 2.29. The Hall–Kier alpha value is -3.42. The van der Waals surface area contributed by atoms with E-state index in [4.69, 9.17) is 4.98 Å². The van der Waals surface area contributed by atoms with Crippen LogP contribution in [0.1, 0.15) is 11.3 Å². The first-order valence-electron chi connectivity index (χ1n) is 8.75. The Morgan fingerprint density at radius 3 is 2.56 bits per heavy atom. The molecule has 27 heavy (non-hydrogen) atoms. The van der Waals surface area contributed by atoms with Crippen LogP contribution in [0.25, 0.3) is 11.0 Å². The summed E-state index contributed by atoms with van der Waals surface area (Å²) in [4.78, 5) is 11.3. The zero-order chi connectivity index (χ0) is 19.0. The highest BCUT2D eigenvalue weighted by Gasteiger charge is 2.18. The van der Waals surface area contributed by atoms with Gasteiger partial charge in [0.1, 0.15) is 0 Å². The van der Waals surface area contributed by atoms with Crippen molar-refractivity contribution in [2.45, 2.75) is 13.5 Å². The van der Waals surface area contributed by atoms with E-state index in [1.165, 1.54) is 5.56 Å². The van der Waals surface area contributed by atoms with Crippen molar-refractivity contribution in [3.05, 3.63) is 53.9 Å². The summed E-state index contributed by atoms with van der Waals surface area (Å²) in [5.41, 5.74) is 3.02. The second kappa shape index (κ2) is 6.71. The van der Waals surface area contributed by atoms with Gasteiger partial charge in [0.15, 0.2) is 17.3 Å². The van der Waals surface area contributed by atoms with E-state index in [0.29, 0.717) is 12.5 Å². The molecule has 8 nitrogen and oxygen atoms in total. The van der Waals surface area contributed by atoms with Gasteiger partial charge in [0.05, 0.1) is 11.6 Å². The third-order valence-corrected chi connectivity index (χ3v) is 4.63. The molecule has 0 saturated carbocycles. The molecule has 0 amide bonds. The van der Waals surface area contributed by atoms with E-state index in [0.717, 1.165) is 28.4 Å². The van der Waals surface area contributed by atoms with Gasteiger partial charge in [-0.1, -0.05) is 30.3 Å². The SMILES string of the molecule is Cc1cc(N(C)c2nc(NCc3ccccc3)nc3c2cnn3C)nn1C. The van der Waals surface area contributed by atoms with Crippen molar-refractivity contribution >= 4 is 28.6 Å². The minimum atomic E-state index is 0.560. The Bertz CT molecular complexity index is 1060. The second-order valence-electron chi connectivity index (χ2n) is 6.54. The Kier molecular flexibility index (Phi) is 4.23. The van der Waals surface area contributed by atoms with Gasteiger partial charge in [0.25, 0.3) is 0 Å². The lowest BCUT2D eigenvalue weighted by Gasteiger charge is -2.17. The number of aryl methyl sites for hydroxylation is 3. The number of hydrogen-bond acceptors (Lipinski definition) is 6.